The number of carbonyl (C=O) groups is 2. The van der Waals surface area contributed by atoms with Crippen molar-refractivity contribution in [3.8, 4) is 45.6 Å². The van der Waals surface area contributed by atoms with Gasteiger partial charge in [0.05, 0.1) is 60.2 Å². The summed E-state index contributed by atoms with van der Waals surface area (Å²) in [6, 6.07) is 31.8. The number of aliphatic hydroxyl groups excluding tert-OH is 2. The average Bonchev–Trinajstić information content (AvgIpc) is 4.00. The maximum absolute atomic E-state index is 10.7. The van der Waals surface area contributed by atoms with E-state index in [0.717, 1.165) is 68.8 Å². The van der Waals surface area contributed by atoms with Gasteiger partial charge < -0.3 is 49.6 Å². The third kappa shape index (κ3) is 10.6. The Bertz CT molecular complexity index is 2660. The first-order valence-corrected chi connectivity index (χ1v) is 20.4. The Morgan fingerprint density at radius 2 is 0.746 bits per heavy atom. The van der Waals surface area contributed by atoms with Crippen molar-refractivity contribution in [2.75, 3.05) is 13.2 Å². The van der Waals surface area contributed by atoms with Crippen LogP contribution >= 0.6 is 0 Å². The van der Waals surface area contributed by atoms with Crippen molar-refractivity contribution < 1.29 is 55.1 Å². The largest absolute Gasteiger partial charge is 0.512 e. The summed E-state index contributed by atoms with van der Waals surface area (Å²) in [6.07, 6.45) is 4.93. The van der Waals surface area contributed by atoms with Gasteiger partial charge in [0.2, 0.25) is 0 Å². The van der Waals surface area contributed by atoms with Gasteiger partial charge in [-0.1, -0.05) is 111 Å². The Balaban J connectivity index is 0.000000240. The summed E-state index contributed by atoms with van der Waals surface area (Å²) in [4.78, 5) is 60.6. The normalized spacial score (nSPS) is 11.6. The predicted octanol–water partition coefficient (Wildman–Crippen LogP) is 9.71. The van der Waals surface area contributed by atoms with Gasteiger partial charge in [-0.05, 0) is 48.2 Å². The molecule has 3 aromatic heterocycles. The Labute approximate surface area is 382 Å². The molecule has 0 unspecified atom stereocenters. The number of allylic oxidation sites excluding steroid dienone is 2. The number of fused-ring (bicyclic) bond motifs is 20. The van der Waals surface area contributed by atoms with E-state index in [4.69, 9.17) is 50.1 Å². The van der Waals surface area contributed by atoms with Crippen LogP contribution in [-0.2, 0) is 44.9 Å². The third-order valence-corrected chi connectivity index (χ3v) is 9.48. The second-order valence-corrected chi connectivity index (χ2v) is 13.9. The quantitative estimate of drug-likeness (QED) is 0.0631. The van der Waals surface area contributed by atoms with Crippen LogP contribution < -0.4 is 9.97 Å². The van der Waals surface area contributed by atoms with Crippen LogP contribution in [0.4, 0.5) is 0 Å². The van der Waals surface area contributed by atoms with Crippen molar-refractivity contribution in [1.29, 1.82) is 0 Å². The molecule has 2 N–H and O–H groups in total. The standard InChI is InChI=1S/C32H16N8.2C8H14O3.Hf/c1-2-10-18-17(9-1)25-33-26(18)38-28-21-13-5-6-14-22(21)30(35-28)40-32-24-16-8-7-15-23(24)31(36-32)39-29-20-12-4-3-11-19(20)27(34-29)37-25;2*1-3-5-7(9)6-8(10)11-4-2;/h1-16H;2*6,9H,3-5H2,1-2H3;/q-2;;;/b;2*7-6-;. The smallest absolute Gasteiger partial charge is 0.334 e. The Morgan fingerprint density at radius 3 is 1.00 bits per heavy atom. The van der Waals surface area contributed by atoms with Crippen LogP contribution in [0.1, 0.15) is 53.4 Å². The number of benzene rings is 4. The minimum Gasteiger partial charge on any atom is -0.512 e. The fraction of sp³-hybridized carbons (Fsp3) is 0.208. The van der Waals surface area contributed by atoms with Gasteiger partial charge in [0.25, 0.3) is 0 Å². The van der Waals surface area contributed by atoms with E-state index in [1.54, 1.807) is 13.8 Å². The van der Waals surface area contributed by atoms with E-state index < -0.39 is 11.9 Å². The number of hydrogen-bond donors (Lipinski definition) is 2. The SMILES string of the molecule is CCC/C(O)=C/C(=O)OCC.CCC/C(O)=C/C(=O)OCC.[Hf].c1ccc2c(c1)-c1nc-2nc2[n-]c(nc3nc(nc4[n-]c(n1)c1ccccc41)-c1ccccc1-3)c1ccccc21. The second-order valence-electron chi connectivity index (χ2n) is 13.9. The van der Waals surface area contributed by atoms with Gasteiger partial charge in [-0.15, -0.1) is 0 Å². The molecule has 0 radical (unpaired) electrons. The number of aromatic nitrogens is 8. The van der Waals surface area contributed by atoms with Crippen LogP contribution in [0.3, 0.4) is 0 Å². The van der Waals surface area contributed by atoms with Crippen LogP contribution in [0.15, 0.2) is 121 Å². The van der Waals surface area contributed by atoms with Gasteiger partial charge >= 0.3 is 11.9 Å². The molecular weight excluding hydrogens is 963 g/mol. The molecule has 4 aromatic carbocycles. The summed E-state index contributed by atoms with van der Waals surface area (Å²) in [6.45, 7) is 7.99. The van der Waals surface area contributed by atoms with Gasteiger partial charge in [-0.2, -0.15) is 0 Å². The number of rotatable bonds is 8. The molecule has 15 heteroatoms. The maximum atomic E-state index is 10.7. The van der Waals surface area contributed by atoms with Crippen molar-refractivity contribution in [1.82, 2.24) is 39.9 Å². The molecule has 2 aliphatic rings. The fourth-order valence-electron chi connectivity index (χ4n) is 6.76. The molecule has 5 heterocycles. The summed E-state index contributed by atoms with van der Waals surface area (Å²) >= 11 is 0. The first kappa shape index (κ1) is 45.7. The number of nitrogens with zero attached hydrogens (tertiary/aromatic N) is 8. The molecule has 7 aromatic rings. The van der Waals surface area contributed by atoms with E-state index in [1.807, 2.05) is 111 Å². The molecule has 318 valence electrons. The third-order valence-electron chi connectivity index (χ3n) is 9.48. The zero-order valence-corrected chi connectivity index (χ0v) is 38.8. The number of esters is 2. The van der Waals surface area contributed by atoms with Crippen LogP contribution in [0.5, 0.6) is 0 Å². The molecule has 0 spiro atoms. The summed E-state index contributed by atoms with van der Waals surface area (Å²) in [5.74, 6) is 1.44. The molecule has 2 aliphatic heterocycles. The van der Waals surface area contributed by atoms with Crippen molar-refractivity contribution in [3.63, 3.8) is 0 Å². The van der Waals surface area contributed by atoms with Crippen LogP contribution in [0.2, 0.25) is 0 Å². The van der Waals surface area contributed by atoms with E-state index in [-0.39, 0.29) is 37.4 Å². The van der Waals surface area contributed by atoms with E-state index in [1.165, 1.54) is 0 Å². The molecule has 63 heavy (non-hydrogen) atoms. The Kier molecular flexibility index (Phi) is 15.4. The first-order chi connectivity index (χ1) is 30.2. The zero-order valence-electron chi connectivity index (χ0n) is 35.2. The predicted molar refractivity (Wildman–Crippen MR) is 238 cm³/mol. The Morgan fingerprint density at radius 1 is 0.476 bits per heavy atom. The maximum Gasteiger partial charge on any atom is 0.334 e. The molecule has 0 fully saturated rings. The molecule has 14 nitrogen and oxygen atoms in total. The monoisotopic (exact) mass is 1010 g/mol. The number of carbonyl (C=O) groups excluding carboxylic acids is 2. The van der Waals surface area contributed by atoms with Gasteiger partial charge in [0.15, 0.2) is 0 Å². The van der Waals surface area contributed by atoms with Crippen LogP contribution in [0.25, 0.3) is 89.7 Å². The number of ether oxygens (including phenoxy) is 2. The molecule has 0 amide bonds. The topological polar surface area (TPSA) is 199 Å². The van der Waals surface area contributed by atoms with Crippen molar-refractivity contribution >= 4 is 56.1 Å². The van der Waals surface area contributed by atoms with Gasteiger partial charge in [-0.3, -0.25) is 0 Å². The molecule has 9 rings (SSSR count). The molecule has 0 atom stereocenters. The van der Waals surface area contributed by atoms with E-state index in [9.17, 15) is 9.59 Å². The van der Waals surface area contributed by atoms with Crippen molar-refractivity contribution in [2.24, 2.45) is 0 Å². The number of hydrogen-bond acceptors (Lipinski definition) is 12. The van der Waals surface area contributed by atoms with E-state index in [2.05, 4.69) is 9.47 Å². The van der Waals surface area contributed by atoms with Crippen molar-refractivity contribution in [2.45, 2.75) is 53.4 Å². The molecular formula is C48H44HfN8O6-2. The van der Waals surface area contributed by atoms with Crippen LogP contribution in [0, 0.1) is 0 Å². The second kappa shape index (κ2) is 21.3. The number of aliphatic hydroxyl groups is 2. The average molecular weight is 1010 g/mol. The summed E-state index contributed by atoms with van der Waals surface area (Å²) < 4.78 is 9.17. The Hall–Kier alpha value is -6.87. The fourth-order valence-corrected chi connectivity index (χ4v) is 6.76. The summed E-state index contributed by atoms with van der Waals surface area (Å²) in [5.41, 5.74) is 5.78. The minimum absolute atomic E-state index is 0. The summed E-state index contributed by atoms with van der Waals surface area (Å²) in [7, 11) is 0. The van der Waals surface area contributed by atoms with Gasteiger partial charge in [0, 0.05) is 83.5 Å². The van der Waals surface area contributed by atoms with E-state index in [0.29, 0.717) is 71.9 Å². The van der Waals surface area contributed by atoms with Gasteiger partial charge in [0.1, 0.15) is 0 Å². The van der Waals surface area contributed by atoms with Crippen LogP contribution in [-0.4, -0.2) is 65.3 Å². The van der Waals surface area contributed by atoms with Gasteiger partial charge in [-0.25, -0.2) is 19.6 Å². The van der Waals surface area contributed by atoms with Crippen molar-refractivity contribution in [3.05, 3.63) is 121 Å². The molecule has 0 saturated heterocycles. The molecule has 0 aliphatic carbocycles. The minimum atomic E-state index is -0.474. The van der Waals surface area contributed by atoms with E-state index >= 15 is 0 Å². The first-order valence-electron chi connectivity index (χ1n) is 20.4. The summed E-state index contributed by atoms with van der Waals surface area (Å²) in [5, 5.41) is 21.6. The molecule has 8 bridgehead atoms. The molecule has 0 saturated carbocycles. The zero-order chi connectivity index (χ0) is 43.6.